The number of furan rings is 2. The standard InChI is InChI=1S/C14H12O4/c1-2-16-13(15)7-9-8-18-12-4-3-11-10(14(9)12)5-6-17-11/h3-6,8H,2,7H2,1H3. The molecule has 0 radical (unpaired) electrons. The molecular weight excluding hydrogens is 232 g/mol. The van der Waals surface area contributed by atoms with Gasteiger partial charge in [0.15, 0.2) is 0 Å². The quantitative estimate of drug-likeness (QED) is 0.663. The third-order valence-electron chi connectivity index (χ3n) is 2.89. The minimum atomic E-state index is -0.249. The molecule has 0 aliphatic rings. The van der Waals surface area contributed by atoms with Gasteiger partial charge in [-0.3, -0.25) is 4.79 Å². The van der Waals surface area contributed by atoms with Gasteiger partial charge in [0.25, 0.3) is 0 Å². The maximum absolute atomic E-state index is 11.5. The molecule has 92 valence electrons. The van der Waals surface area contributed by atoms with E-state index in [0.717, 1.165) is 27.5 Å². The van der Waals surface area contributed by atoms with Crippen LogP contribution in [0.3, 0.4) is 0 Å². The Balaban J connectivity index is 2.11. The van der Waals surface area contributed by atoms with Gasteiger partial charge >= 0.3 is 5.97 Å². The number of carbonyl (C=O) groups is 1. The topological polar surface area (TPSA) is 52.6 Å². The van der Waals surface area contributed by atoms with Gasteiger partial charge in [-0.25, -0.2) is 0 Å². The van der Waals surface area contributed by atoms with Crippen LogP contribution in [0.2, 0.25) is 0 Å². The Morgan fingerprint density at radius 2 is 2.06 bits per heavy atom. The molecule has 3 rings (SSSR count). The van der Waals surface area contributed by atoms with Crippen LogP contribution in [0.25, 0.3) is 21.9 Å². The van der Waals surface area contributed by atoms with Gasteiger partial charge in [-0.2, -0.15) is 0 Å². The maximum atomic E-state index is 11.5. The van der Waals surface area contributed by atoms with E-state index in [1.807, 2.05) is 18.2 Å². The van der Waals surface area contributed by atoms with Gasteiger partial charge in [-0.1, -0.05) is 0 Å². The lowest BCUT2D eigenvalue weighted by Crippen LogP contribution is -2.06. The zero-order chi connectivity index (χ0) is 12.5. The first-order valence-corrected chi connectivity index (χ1v) is 5.81. The average molecular weight is 244 g/mol. The summed E-state index contributed by atoms with van der Waals surface area (Å²) in [6.07, 6.45) is 3.45. The average Bonchev–Trinajstić information content (AvgIpc) is 2.94. The molecule has 2 heterocycles. The van der Waals surface area contributed by atoms with Gasteiger partial charge in [0.2, 0.25) is 0 Å². The predicted molar refractivity (Wildman–Crippen MR) is 66.3 cm³/mol. The molecule has 4 nitrogen and oxygen atoms in total. The summed E-state index contributed by atoms with van der Waals surface area (Å²) in [5, 5.41) is 1.88. The number of carbonyl (C=O) groups excluding carboxylic acids is 1. The predicted octanol–water partition coefficient (Wildman–Crippen LogP) is 3.28. The number of fused-ring (bicyclic) bond motifs is 3. The zero-order valence-corrected chi connectivity index (χ0v) is 9.93. The highest BCUT2D eigenvalue weighted by molar-refractivity contribution is 6.06. The monoisotopic (exact) mass is 244 g/mol. The second-order valence-corrected chi connectivity index (χ2v) is 4.01. The van der Waals surface area contributed by atoms with Crippen molar-refractivity contribution < 1.29 is 18.4 Å². The summed E-state index contributed by atoms with van der Waals surface area (Å²) in [5.41, 5.74) is 2.37. The Morgan fingerprint density at radius 3 is 2.89 bits per heavy atom. The molecule has 0 amide bonds. The summed E-state index contributed by atoms with van der Waals surface area (Å²) in [6, 6.07) is 5.58. The van der Waals surface area contributed by atoms with Crippen LogP contribution in [0.15, 0.2) is 39.6 Å². The first-order chi connectivity index (χ1) is 8.79. The van der Waals surface area contributed by atoms with E-state index in [9.17, 15) is 4.79 Å². The highest BCUT2D eigenvalue weighted by atomic mass is 16.5. The van der Waals surface area contributed by atoms with E-state index in [2.05, 4.69) is 0 Å². The molecule has 4 heteroatoms. The van der Waals surface area contributed by atoms with Crippen LogP contribution < -0.4 is 0 Å². The van der Waals surface area contributed by atoms with E-state index in [-0.39, 0.29) is 12.4 Å². The highest BCUT2D eigenvalue weighted by Gasteiger charge is 2.14. The Bertz CT molecular complexity index is 705. The largest absolute Gasteiger partial charge is 0.466 e. The molecule has 0 saturated heterocycles. The number of hydrogen-bond donors (Lipinski definition) is 0. The van der Waals surface area contributed by atoms with Crippen molar-refractivity contribution in [1.82, 2.24) is 0 Å². The normalized spacial score (nSPS) is 11.2. The first-order valence-electron chi connectivity index (χ1n) is 5.81. The molecule has 1 aromatic carbocycles. The van der Waals surface area contributed by atoms with E-state index in [1.165, 1.54) is 0 Å². The van der Waals surface area contributed by atoms with Crippen molar-refractivity contribution in [3.63, 3.8) is 0 Å². The number of hydrogen-bond acceptors (Lipinski definition) is 4. The molecule has 0 saturated carbocycles. The van der Waals surface area contributed by atoms with Crippen LogP contribution in [0, 0.1) is 0 Å². The minimum absolute atomic E-state index is 0.213. The van der Waals surface area contributed by atoms with Crippen molar-refractivity contribution in [2.45, 2.75) is 13.3 Å². The molecule has 0 N–H and O–H groups in total. The van der Waals surface area contributed by atoms with Crippen LogP contribution in [0.1, 0.15) is 12.5 Å². The fourth-order valence-electron chi connectivity index (χ4n) is 2.14. The van der Waals surface area contributed by atoms with Gasteiger partial charge in [0.05, 0.1) is 25.6 Å². The Morgan fingerprint density at radius 1 is 1.22 bits per heavy atom. The molecule has 0 fully saturated rings. The fraction of sp³-hybridized carbons (Fsp3) is 0.214. The Labute approximate surface area is 103 Å². The lowest BCUT2D eigenvalue weighted by Gasteiger charge is -2.00. The van der Waals surface area contributed by atoms with Crippen molar-refractivity contribution in [2.75, 3.05) is 6.61 Å². The van der Waals surface area contributed by atoms with Crippen LogP contribution in [0.5, 0.6) is 0 Å². The molecule has 0 unspecified atom stereocenters. The first kappa shape index (κ1) is 10.9. The van der Waals surface area contributed by atoms with Gasteiger partial charge in [0, 0.05) is 16.3 Å². The molecule has 0 atom stereocenters. The van der Waals surface area contributed by atoms with Gasteiger partial charge in [-0.15, -0.1) is 0 Å². The second kappa shape index (κ2) is 4.22. The third-order valence-corrected chi connectivity index (χ3v) is 2.89. The van der Waals surface area contributed by atoms with Crippen LogP contribution >= 0.6 is 0 Å². The number of ether oxygens (including phenoxy) is 1. The molecule has 2 aromatic heterocycles. The molecule has 18 heavy (non-hydrogen) atoms. The smallest absolute Gasteiger partial charge is 0.310 e. The lowest BCUT2D eigenvalue weighted by atomic mass is 10.1. The van der Waals surface area contributed by atoms with Crippen LogP contribution in [-0.4, -0.2) is 12.6 Å². The van der Waals surface area contributed by atoms with Crippen LogP contribution in [0.4, 0.5) is 0 Å². The highest BCUT2D eigenvalue weighted by Crippen LogP contribution is 2.30. The molecule has 0 aliphatic carbocycles. The van der Waals surface area contributed by atoms with Gasteiger partial charge in [0.1, 0.15) is 11.2 Å². The van der Waals surface area contributed by atoms with E-state index in [4.69, 9.17) is 13.6 Å². The van der Waals surface area contributed by atoms with Crippen molar-refractivity contribution in [1.29, 1.82) is 0 Å². The van der Waals surface area contributed by atoms with Crippen molar-refractivity contribution >= 4 is 27.9 Å². The van der Waals surface area contributed by atoms with Crippen molar-refractivity contribution in [3.8, 4) is 0 Å². The van der Waals surface area contributed by atoms with E-state index < -0.39 is 0 Å². The van der Waals surface area contributed by atoms with E-state index in [1.54, 1.807) is 19.5 Å². The second-order valence-electron chi connectivity index (χ2n) is 4.01. The summed E-state index contributed by atoms with van der Waals surface area (Å²) in [6.45, 7) is 2.18. The zero-order valence-electron chi connectivity index (χ0n) is 9.93. The van der Waals surface area contributed by atoms with E-state index >= 15 is 0 Å². The number of esters is 1. The number of rotatable bonds is 3. The Hall–Kier alpha value is -2.23. The summed E-state index contributed by atoms with van der Waals surface area (Å²) in [4.78, 5) is 11.5. The summed E-state index contributed by atoms with van der Waals surface area (Å²) >= 11 is 0. The maximum Gasteiger partial charge on any atom is 0.310 e. The number of benzene rings is 1. The van der Waals surface area contributed by atoms with Gasteiger partial charge in [-0.05, 0) is 25.1 Å². The molecule has 0 bridgehead atoms. The molecule has 0 aliphatic heterocycles. The molecular formula is C14H12O4. The SMILES string of the molecule is CCOC(=O)Cc1coc2ccc3occc3c12. The van der Waals surface area contributed by atoms with E-state index in [0.29, 0.717) is 6.61 Å². The lowest BCUT2D eigenvalue weighted by molar-refractivity contribution is -0.142. The van der Waals surface area contributed by atoms with Crippen molar-refractivity contribution in [2.24, 2.45) is 0 Å². The third kappa shape index (κ3) is 1.66. The Kier molecular flexibility index (Phi) is 2.55. The van der Waals surface area contributed by atoms with Crippen molar-refractivity contribution in [3.05, 3.63) is 36.3 Å². The summed E-state index contributed by atoms with van der Waals surface area (Å²) < 4.78 is 15.8. The van der Waals surface area contributed by atoms with Gasteiger partial charge < -0.3 is 13.6 Å². The van der Waals surface area contributed by atoms with Crippen LogP contribution in [-0.2, 0) is 16.0 Å². The fourth-order valence-corrected chi connectivity index (χ4v) is 2.14. The minimum Gasteiger partial charge on any atom is -0.466 e. The molecule has 0 spiro atoms. The molecule has 3 aromatic rings. The summed E-state index contributed by atoms with van der Waals surface area (Å²) in [5.74, 6) is -0.249. The summed E-state index contributed by atoms with van der Waals surface area (Å²) in [7, 11) is 0.